The summed E-state index contributed by atoms with van der Waals surface area (Å²) in [5.74, 6) is 0. The van der Waals surface area contributed by atoms with E-state index in [0.717, 1.165) is 9.54 Å². The van der Waals surface area contributed by atoms with Gasteiger partial charge in [0.25, 0.3) is 10.0 Å². The van der Waals surface area contributed by atoms with Crippen molar-refractivity contribution < 1.29 is 18.3 Å². The molecule has 0 radical (unpaired) electrons. The number of anilines is 1. The first-order valence-electron chi connectivity index (χ1n) is 8.00. The second-order valence-corrected chi connectivity index (χ2v) is 7.65. The molecule has 0 spiro atoms. The lowest BCUT2D eigenvalue weighted by molar-refractivity contribution is 0.240. The number of urea groups is 1. The summed E-state index contributed by atoms with van der Waals surface area (Å²) in [6.07, 6.45) is 2.99. The summed E-state index contributed by atoms with van der Waals surface area (Å²) in [5.41, 5.74) is 1.58. The average molecular weight is 372 g/mol. The van der Waals surface area contributed by atoms with Crippen LogP contribution in [0.4, 0.5) is 10.5 Å². The van der Waals surface area contributed by atoms with Crippen LogP contribution >= 0.6 is 0 Å². The predicted molar refractivity (Wildman–Crippen MR) is 95.4 cm³/mol. The van der Waals surface area contributed by atoms with Gasteiger partial charge in [0.05, 0.1) is 23.7 Å². The fourth-order valence-electron chi connectivity index (χ4n) is 3.12. The van der Waals surface area contributed by atoms with Gasteiger partial charge in [-0.3, -0.25) is 4.90 Å². The van der Waals surface area contributed by atoms with Crippen LogP contribution in [-0.2, 0) is 16.6 Å². The zero-order valence-corrected chi connectivity index (χ0v) is 14.5. The number of hydrogen-bond donors (Lipinski definition) is 2. The quantitative estimate of drug-likeness (QED) is 0.718. The molecule has 0 saturated heterocycles. The summed E-state index contributed by atoms with van der Waals surface area (Å²) in [6, 6.07) is 9.38. The zero-order chi connectivity index (χ0) is 18.3. The van der Waals surface area contributed by atoms with Crippen molar-refractivity contribution in [2.24, 2.45) is 0 Å². The number of carbonyl (C=O) groups is 1. The Morgan fingerprint density at radius 2 is 1.96 bits per heavy atom. The van der Waals surface area contributed by atoms with Gasteiger partial charge in [-0.25, -0.2) is 22.2 Å². The third-order valence-electron chi connectivity index (χ3n) is 4.30. The summed E-state index contributed by atoms with van der Waals surface area (Å²) >= 11 is 0. The lowest BCUT2D eigenvalue weighted by Gasteiger charge is -2.29. The lowest BCUT2D eigenvalue weighted by atomic mass is 10.1. The van der Waals surface area contributed by atoms with E-state index in [1.165, 1.54) is 23.2 Å². The molecule has 0 saturated carbocycles. The number of aliphatic hydroxyl groups is 1. The van der Waals surface area contributed by atoms with Crippen LogP contribution in [0, 0.1) is 0 Å². The van der Waals surface area contributed by atoms with E-state index >= 15 is 0 Å². The Morgan fingerprint density at radius 3 is 2.69 bits per heavy atom. The molecule has 0 aliphatic carbocycles. The number of pyridine rings is 1. The molecule has 134 valence electrons. The van der Waals surface area contributed by atoms with Crippen LogP contribution in [0.3, 0.4) is 0 Å². The SMILES string of the molecule is O=C1NCc2cnc3c(ccn3S(=O)(=O)c3ccccc3)c2N1CCO. The van der Waals surface area contributed by atoms with Gasteiger partial charge in [-0.15, -0.1) is 0 Å². The Bertz CT molecular complexity index is 1090. The third kappa shape index (κ3) is 2.44. The minimum Gasteiger partial charge on any atom is -0.395 e. The normalized spacial score (nSPS) is 14.3. The molecule has 9 heteroatoms. The van der Waals surface area contributed by atoms with Crippen molar-refractivity contribution in [3.05, 3.63) is 54.4 Å². The number of carbonyl (C=O) groups excluding carboxylic acids is 1. The van der Waals surface area contributed by atoms with Crippen molar-refractivity contribution in [3.63, 3.8) is 0 Å². The van der Waals surface area contributed by atoms with E-state index in [9.17, 15) is 18.3 Å². The predicted octanol–water partition coefficient (Wildman–Crippen LogP) is 1.30. The molecule has 1 aliphatic heterocycles. The summed E-state index contributed by atoms with van der Waals surface area (Å²) in [5, 5.41) is 12.5. The van der Waals surface area contributed by atoms with Crippen molar-refractivity contribution in [1.29, 1.82) is 0 Å². The highest BCUT2D eigenvalue weighted by molar-refractivity contribution is 7.90. The van der Waals surface area contributed by atoms with Crippen molar-refractivity contribution in [2.75, 3.05) is 18.1 Å². The average Bonchev–Trinajstić information content (AvgIpc) is 3.09. The highest BCUT2D eigenvalue weighted by Gasteiger charge is 2.28. The number of nitrogens with zero attached hydrogens (tertiary/aromatic N) is 3. The monoisotopic (exact) mass is 372 g/mol. The molecule has 0 unspecified atom stereocenters. The summed E-state index contributed by atoms with van der Waals surface area (Å²) < 4.78 is 27.0. The van der Waals surface area contributed by atoms with Crippen LogP contribution < -0.4 is 10.2 Å². The van der Waals surface area contributed by atoms with Gasteiger partial charge in [-0.1, -0.05) is 18.2 Å². The Labute approximate surface area is 149 Å². The number of aliphatic hydroxyl groups excluding tert-OH is 1. The van der Waals surface area contributed by atoms with Gasteiger partial charge >= 0.3 is 6.03 Å². The molecule has 1 aromatic carbocycles. The first kappa shape index (κ1) is 16.6. The number of aromatic nitrogens is 2. The van der Waals surface area contributed by atoms with Gasteiger partial charge in [0.15, 0.2) is 5.65 Å². The van der Waals surface area contributed by atoms with E-state index in [2.05, 4.69) is 10.3 Å². The highest BCUT2D eigenvalue weighted by Crippen LogP contribution is 2.33. The molecule has 8 nitrogen and oxygen atoms in total. The van der Waals surface area contributed by atoms with Crippen LogP contribution in [0.2, 0.25) is 0 Å². The molecule has 3 heterocycles. The molecule has 26 heavy (non-hydrogen) atoms. The smallest absolute Gasteiger partial charge is 0.322 e. The molecule has 0 fully saturated rings. The van der Waals surface area contributed by atoms with E-state index in [1.807, 2.05) is 0 Å². The van der Waals surface area contributed by atoms with E-state index in [-0.39, 0.29) is 29.7 Å². The number of β-amino-alcohol motifs (C(OH)–C–C–N with tert-alkyl or cyclic N) is 1. The minimum absolute atomic E-state index is 0.106. The maximum Gasteiger partial charge on any atom is 0.322 e. The molecule has 2 N–H and O–H groups in total. The number of hydrogen-bond acceptors (Lipinski definition) is 5. The van der Waals surface area contributed by atoms with Crippen LogP contribution in [0.15, 0.2) is 53.7 Å². The highest BCUT2D eigenvalue weighted by atomic mass is 32.2. The van der Waals surface area contributed by atoms with Crippen molar-refractivity contribution in [1.82, 2.24) is 14.3 Å². The fraction of sp³-hybridized carbons (Fsp3) is 0.176. The Morgan fingerprint density at radius 1 is 1.19 bits per heavy atom. The van der Waals surface area contributed by atoms with Crippen LogP contribution in [0.25, 0.3) is 11.0 Å². The number of amides is 2. The lowest BCUT2D eigenvalue weighted by Crippen LogP contribution is -2.45. The zero-order valence-electron chi connectivity index (χ0n) is 13.7. The fourth-order valence-corrected chi connectivity index (χ4v) is 4.44. The maximum absolute atomic E-state index is 12.9. The largest absolute Gasteiger partial charge is 0.395 e. The molecular weight excluding hydrogens is 356 g/mol. The molecule has 0 bridgehead atoms. The molecule has 2 aromatic heterocycles. The van der Waals surface area contributed by atoms with Gasteiger partial charge in [-0.05, 0) is 18.2 Å². The first-order valence-corrected chi connectivity index (χ1v) is 9.44. The molecule has 2 amide bonds. The van der Waals surface area contributed by atoms with Gasteiger partial charge in [0.2, 0.25) is 0 Å². The van der Waals surface area contributed by atoms with Gasteiger partial charge in [0.1, 0.15) is 0 Å². The van der Waals surface area contributed by atoms with Crippen LogP contribution in [0.1, 0.15) is 5.56 Å². The summed E-state index contributed by atoms with van der Waals surface area (Å²) in [6.45, 7) is 0.198. The number of nitrogens with one attached hydrogen (secondary N) is 1. The summed E-state index contributed by atoms with van der Waals surface area (Å²) in [4.78, 5) is 18.0. The standard InChI is InChI=1S/C17H16N4O4S/c22-9-8-20-15-12(11-19-17(20)23)10-18-16-14(15)6-7-21(16)26(24,25)13-4-2-1-3-5-13/h1-7,10,22H,8-9,11H2,(H,19,23). The van der Waals surface area contributed by atoms with Crippen molar-refractivity contribution in [2.45, 2.75) is 11.4 Å². The Kier molecular flexibility index (Phi) is 3.89. The molecule has 4 rings (SSSR count). The number of rotatable bonds is 4. The van der Waals surface area contributed by atoms with Crippen molar-refractivity contribution in [3.8, 4) is 0 Å². The van der Waals surface area contributed by atoms with E-state index in [4.69, 9.17) is 0 Å². The number of benzene rings is 1. The van der Waals surface area contributed by atoms with Gasteiger partial charge in [0, 0.05) is 29.9 Å². The Hall–Kier alpha value is -2.91. The Balaban J connectivity index is 1.93. The van der Waals surface area contributed by atoms with E-state index < -0.39 is 10.0 Å². The van der Waals surface area contributed by atoms with E-state index in [1.54, 1.807) is 30.5 Å². The van der Waals surface area contributed by atoms with Gasteiger partial charge in [-0.2, -0.15) is 0 Å². The third-order valence-corrected chi connectivity index (χ3v) is 5.98. The van der Waals surface area contributed by atoms with Gasteiger partial charge < -0.3 is 10.4 Å². The molecule has 1 aliphatic rings. The van der Waals surface area contributed by atoms with Crippen molar-refractivity contribution >= 4 is 32.8 Å². The minimum atomic E-state index is -3.81. The molecule has 3 aromatic rings. The van der Waals surface area contributed by atoms with Crippen LogP contribution in [0.5, 0.6) is 0 Å². The molecule has 0 atom stereocenters. The second-order valence-electron chi connectivity index (χ2n) is 5.83. The maximum atomic E-state index is 12.9. The first-order chi connectivity index (χ1) is 12.5. The second kappa shape index (κ2) is 6.11. The summed E-state index contributed by atoms with van der Waals surface area (Å²) in [7, 11) is -3.81. The van der Waals surface area contributed by atoms with E-state index in [0.29, 0.717) is 17.6 Å². The number of fused-ring (bicyclic) bond motifs is 3. The topological polar surface area (TPSA) is 105 Å². The van der Waals surface area contributed by atoms with Crippen LogP contribution in [-0.4, -0.2) is 41.7 Å². The molecular formula is C17H16N4O4S.